The highest BCUT2D eigenvalue weighted by molar-refractivity contribution is 5.44. The van der Waals surface area contributed by atoms with Gasteiger partial charge in [-0.25, -0.2) is 0 Å². The summed E-state index contributed by atoms with van der Waals surface area (Å²) in [5.74, 6) is 1.12. The van der Waals surface area contributed by atoms with E-state index in [1.807, 2.05) is 6.07 Å². The number of nitrogens with zero attached hydrogens (tertiary/aromatic N) is 1. The topological polar surface area (TPSA) is 63.9 Å². The predicted octanol–water partition coefficient (Wildman–Crippen LogP) is 2.21. The largest absolute Gasteiger partial charge is 0.508 e. The number of phenols is 1. The molecule has 2 aliphatic rings. The van der Waals surface area contributed by atoms with Crippen molar-refractivity contribution < 1.29 is 15.3 Å². The molecule has 2 aliphatic heterocycles. The van der Waals surface area contributed by atoms with E-state index in [1.165, 1.54) is 5.56 Å². The molecule has 3 atom stereocenters. The highest BCUT2D eigenvalue weighted by Gasteiger charge is 2.38. The summed E-state index contributed by atoms with van der Waals surface area (Å²) in [6.07, 6.45) is 2.48. The quantitative estimate of drug-likeness (QED) is 0.801. The van der Waals surface area contributed by atoms with Crippen LogP contribution in [0, 0.1) is 11.8 Å². The van der Waals surface area contributed by atoms with Crippen LogP contribution in [0.5, 0.6) is 5.75 Å². The van der Waals surface area contributed by atoms with Gasteiger partial charge in [0, 0.05) is 24.7 Å². The lowest BCUT2D eigenvalue weighted by molar-refractivity contribution is -0.0191. The van der Waals surface area contributed by atoms with Crippen molar-refractivity contribution in [3.8, 4) is 5.75 Å². The van der Waals surface area contributed by atoms with E-state index in [1.54, 1.807) is 6.07 Å². The van der Waals surface area contributed by atoms with E-state index in [2.05, 4.69) is 18.7 Å². The smallest absolute Gasteiger partial charge is 0.121 e. The fourth-order valence-electron chi connectivity index (χ4n) is 4.15. The minimum absolute atomic E-state index is 0.132. The molecule has 0 spiro atoms. The average Bonchev–Trinajstić information content (AvgIpc) is 2.47. The Kier molecular flexibility index (Phi) is 4.44. The molecule has 4 heteroatoms. The van der Waals surface area contributed by atoms with Crippen molar-refractivity contribution in [2.24, 2.45) is 11.8 Å². The molecule has 0 bridgehead atoms. The van der Waals surface area contributed by atoms with Gasteiger partial charge in [-0.3, -0.25) is 4.90 Å². The van der Waals surface area contributed by atoms with Crippen molar-refractivity contribution in [3.05, 3.63) is 28.8 Å². The SMILES string of the molecule is CC(C)CC1CN2CCc3cc(CO)c(O)cc3C2C[C@@H]1O. The second-order valence-electron chi connectivity index (χ2n) is 7.29. The van der Waals surface area contributed by atoms with Crippen LogP contribution in [-0.2, 0) is 13.0 Å². The predicted molar refractivity (Wildman–Crippen MR) is 85.6 cm³/mol. The van der Waals surface area contributed by atoms with Gasteiger partial charge in [-0.15, -0.1) is 0 Å². The molecule has 1 saturated heterocycles. The molecule has 122 valence electrons. The number of aliphatic hydroxyl groups is 2. The standard InChI is InChI=1S/C18H27NO3/c1-11(2)5-13-9-19-4-3-12-6-14(10-20)17(21)7-15(12)16(19)8-18(13)22/h6-7,11,13,16,18,20-22H,3-5,8-10H2,1-2H3/t13?,16?,18-/m0/s1. The monoisotopic (exact) mass is 305 g/mol. The van der Waals surface area contributed by atoms with Gasteiger partial charge in [-0.1, -0.05) is 13.8 Å². The summed E-state index contributed by atoms with van der Waals surface area (Å²) in [5.41, 5.74) is 2.93. The van der Waals surface area contributed by atoms with Crippen LogP contribution in [0.15, 0.2) is 12.1 Å². The molecule has 0 saturated carbocycles. The van der Waals surface area contributed by atoms with Gasteiger partial charge in [0.1, 0.15) is 5.75 Å². The molecule has 2 unspecified atom stereocenters. The number of aliphatic hydroxyl groups excluding tert-OH is 2. The number of benzene rings is 1. The van der Waals surface area contributed by atoms with Gasteiger partial charge >= 0.3 is 0 Å². The number of hydrogen-bond donors (Lipinski definition) is 3. The van der Waals surface area contributed by atoms with Crippen LogP contribution in [0.4, 0.5) is 0 Å². The van der Waals surface area contributed by atoms with Gasteiger partial charge < -0.3 is 15.3 Å². The average molecular weight is 305 g/mol. The van der Waals surface area contributed by atoms with Crippen molar-refractivity contribution in [3.63, 3.8) is 0 Å². The van der Waals surface area contributed by atoms with Gasteiger partial charge in [0.25, 0.3) is 0 Å². The summed E-state index contributed by atoms with van der Waals surface area (Å²) in [6.45, 7) is 6.21. The maximum absolute atomic E-state index is 10.5. The number of hydrogen-bond acceptors (Lipinski definition) is 4. The van der Waals surface area contributed by atoms with E-state index in [0.717, 1.165) is 37.9 Å². The van der Waals surface area contributed by atoms with Crippen LogP contribution in [-0.4, -0.2) is 39.4 Å². The molecule has 3 rings (SSSR count). The zero-order valence-electron chi connectivity index (χ0n) is 13.5. The van der Waals surface area contributed by atoms with Crippen molar-refractivity contribution >= 4 is 0 Å². The van der Waals surface area contributed by atoms with Gasteiger partial charge in [0.15, 0.2) is 0 Å². The first-order chi connectivity index (χ1) is 10.5. The van der Waals surface area contributed by atoms with Gasteiger partial charge in [0.05, 0.1) is 12.7 Å². The molecule has 0 aromatic heterocycles. The Hall–Kier alpha value is -1.10. The second kappa shape index (κ2) is 6.19. The van der Waals surface area contributed by atoms with Crippen molar-refractivity contribution in [2.45, 2.75) is 51.9 Å². The molecule has 1 fully saturated rings. The lowest BCUT2D eigenvalue weighted by Gasteiger charge is -2.46. The van der Waals surface area contributed by atoms with Crippen LogP contribution in [0.25, 0.3) is 0 Å². The highest BCUT2D eigenvalue weighted by Crippen LogP contribution is 2.41. The van der Waals surface area contributed by atoms with E-state index in [-0.39, 0.29) is 24.5 Å². The van der Waals surface area contributed by atoms with E-state index >= 15 is 0 Å². The zero-order valence-corrected chi connectivity index (χ0v) is 13.5. The van der Waals surface area contributed by atoms with Crippen LogP contribution < -0.4 is 0 Å². The Bertz CT molecular complexity index is 543. The van der Waals surface area contributed by atoms with Crippen molar-refractivity contribution in [1.82, 2.24) is 4.90 Å². The highest BCUT2D eigenvalue weighted by atomic mass is 16.3. The lowest BCUT2D eigenvalue weighted by Crippen LogP contribution is -2.48. The Morgan fingerprint density at radius 3 is 2.77 bits per heavy atom. The van der Waals surface area contributed by atoms with Gasteiger partial charge in [0.2, 0.25) is 0 Å². The molecule has 4 nitrogen and oxygen atoms in total. The Balaban J connectivity index is 1.85. The third-order valence-electron chi connectivity index (χ3n) is 5.23. The van der Waals surface area contributed by atoms with Gasteiger partial charge in [-0.05, 0) is 54.4 Å². The molecule has 3 N–H and O–H groups in total. The molecular formula is C18H27NO3. The first kappa shape index (κ1) is 15.8. The molecule has 22 heavy (non-hydrogen) atoms. The van der Waals surface area contributed by atoms with Crippen LogP contribution in [0.1, 0.15) is 49.4 Å². The Morgan fingerprint density at radius 2 is 2.09 bits per heavy atom. The van der Waals surface area contributed by atoms with E-state index < -0.39 is 0 Å². The first-order valence-electron chi connectivity index (χ1n) is 8.37. The molecule has 0 aliphatic carbocycles. The number of aromatic hydroxyl groups is 1. The number of piperidine rings is 1. The molecule has 1 aromatic carbocycles. The Morgan fingerprint density at radius 1 is 1.32 bits per heavy atom. The van der Waals surface area contributed by atoms with Crippen molar-refractivity contribution in [1.29, 1.82) is 0 Å². The normalized spacial score (nSPS) is 28.5. The van der Waals surface area contributed by atoms with E-state index in [9.17, 15) is 15.3 Å². The molecular weight excluding hydrogens is 278 g/mol. The summed E-state index contributed by atoms with van der Waals surface area (Å²) in [5, 5.41) is 29.9. The molecule has 0 radical (unpaired) electrons. The lowest BCUT2D eigenvalue weighted by atomic mass is 9.79. The zero-order chi connectivity index (χ0) is 15.9. The summed E-state index contributed by atoms with van der Waals surface area (Å²) in [6, 6.07) is 3.92. The number of rotatable bonds is 3. The maximum atomic E-state index is 10.5. The summed E-state index contributed by atoms with van der Waals surface area (Å²) >= 11 is 0. The van der Waals surface area contributed by atoms with Crippen LogP contribution >= 0.6 is 0 Å². The third kappa shape index (κ3) is 2.87. The summed E-state index contributed by atoms with van der Waals surface area (Å²) < 4.78 is 0. The van der Waals surface area contributed by atoms with Crippen LogP contribution in [0.3, 0.4) is 0 Å². The van der Waals surface area contributed by atoms with Crippen LogP contribution in [0.2, 0.25) is 0 Å². The molecule has 2 heterocycles. The fraction of sp³-hybridized carbons (Fsp3) is 0.667. The first-order valence-corrected chi connectivity index (χ1v) is 8.37. The second-order valence-corrected chi connectivity index (χ2v) is 7.29. The van der Waals surface area contributed by atoms with E-state index in [0.29, 0.717) is 17.4 Å². The number of fused-ring (bicyclic) bond motifs is 3. The third-order valence-corrected chi connectivity index (χ3v) is 5.23. The van der Waals surface area contributed by atoms with Gasteiger partial charge in [-0.2, -0.15) is 0 Å². The summed E-state index contributed by atoms with van der Waals surface area (Å²) in [7, 11) is 0. The minimum atomic E-state index is -0.269. The summed E-state index contributed by atoms with van der Waals surface area (Å²) in [4.78, 5) is 2.46. The van der Waals surface area contributed by atoms with Crippen molar-refractivity contribution in [2.75, 3.05) is 13.1 Å². The van der Waals surface area contributed by atoms with E-state index in [4.69, 9.17) is 0 Å². The minimum Gasteiger partial charge on any atom is -0.508 e. The molecule has 0 amide bonds. The molecule has 1 aromatic rings. The Labute approximate surface area is 132 Å². The fourth-order valence-corrected chi connectivity index (χ4v) is 4.15. The maximum Gasteiger partial charge on any atom is 0.121 e.